The summed E-state index contributed by atoms with van der Waals surface area (Å²) in [4.78, 5) is 10.3. The number of ether oxygens (including phenoxy) is 1. The Labute approximate surface area is 183 Å². The van der Waals surface area contributed by atoms with Crippen molar-refractivity contribution >= 4 is 50.3 Å². The summed E-state index contributed by atoms with van der Waals surface area (Å²) in [7, 11) is -4.00. The van der Waals surface area contributed by atoms with E-state index < -0.39 is 14.9 Å². The van der Waals surface area contributed by atoms with E-state index in [0.29, 0.717) is 21.3 Å². The number of anilines is 1. The first-order valence-electron chi connectivity index (χ1n) is 8.82. The van der Waals surface area contributed by atoms with E-state index in [0.717, 1.165) is 6.07 Å². The van der Waals surface area contributed by atoms with Gasteiger partial charge >= 0.3 is 0 Å². The highest BCUT2D eigenvalue weighted by molar-refractivity contribution is 7.89. The molecule has 0 radical (unpaired) electrons. The van der Waals surface area contributed by atoms with Gasteiger partial charge in [0.15, 0.2) is 0 Å². The van der Waals surface area contributed by atoms with Gasteiger partial charge in [0, 0.05) is 35.8 Å². The summed E-state index contributed by atoms with van der Waals surface area (Å²) < 4.78 is 32.7. The second-order valence-corrected chi connectivity index (χ2v) is 9.14. The number of halogens is 2. The molecule has 1 N–H and O–H groups in total. The first-order valence-corrected chi connectivity index (χ1v) is 11.0. The Kier molecular flexibility index (Phi) is 6.94. The van der Waals surface area contributed by atoms with Gasteiger partial charge in [-0.25, -0.2) is 8.42 Å². The number of nitro groups is 1. The summed E-state index contributed by atoms with van der Waals surface area (Å²) in [5.41, 5.74) is 3.55. The van der Waals surface area contributed by atoms with Crippen LogP contribution in [-0.2, 0) is 14.8 Å². The van der Waals surface area contributed by atoms with E-state index in [-0.39, 0.29) is 42.6 Å². The highest BCUT2D eigenvalue weighted by atomic mass is 35.5. The van der Waals surface area contributed by atoms with E-state index in [2.05, 4.69) is 10.5 Å². The topological polar surface area (TPSA) is 114 Å². The molecule has 0 saturated carbocycles. The zero-order valence-electron chi connectivity index (χ0n) is 15.8. The summed E-state index contributed by atoms with van der Waals surface area (Å²) in [5, 5.41) is 16.3. The molecule has 2 aromatic rings. The maximum Gasteiger partial charge on any atom is 0.270 e. The molecule has 1 aliphatic heterocycles. The number of rotatable bonds is 6. The number of non-ortho nitro benzene ring substituents is 1. The smallest absolute Gasteiger partial charge is 0.270 e. The van der Waals surface area contributed by atoms with Gasteiger partial charge in [-0.05, 0) is 25.1 Å². The lowest BCUT2D eigenvalue weighted by Gasteiger charge is -2.26. The Hall–Kier alpha value is -2.24. The number of hydrazone groups is 1. The van der Waals surface area contributed by atoms with Crippen LogP contribution < -0.4 is 5.43 Å². The van der Waals surface area contributed by atoms with Crippen LogP contribution in [-0.4, -0.2) is 49.7 Å². The lowest BCUT2D eigenvalue weighted by molar-refractivity contribution is -0.385. The number of benzene rings is 2. The molecule has 30 heavy (non-hydrogen) atoms. The monoisotopic (exact) mass is 472 g/mol. The number of sulfonamides is 1. The third-order valence-electron chi connectivity index (χ3n) is 4.43. The average molecular weight is 473 g/mol. The van der Waals surface area contributed by atoms with E-state index in [9.17, 15) is 18.5 Å². The highest BCUT2D eigenvalue weighted by Crippen LogP contribution is 2.30. The molecule has 0 atom stereocenters. The molecule has 3 rings (SSSR count). The van der Waals surface area contributed by atoms with Crippen LogP contribution in [0.1, 0.15) is 12.5 Å². The van der Waals surface area contributed by atoms with E-state index in [1.165, 1.54) is 16.4 Å². The second kappa shape index (κ2) is 9.27. The molecule has 1 saturated heterocycles. The molecule has 1 fully saturated rings. The molecule has 0 bridgehead atoms. The molecule has 2 aromatic carbocycles. The summed E-state index contributed by atoms with van der Waals surface area (Å²) in [5.74, 6) is 0. The molecule has 0 aromatic heterocycles. The molecule has 12 heteroatoms. The summed E-state index contributed by atoms with van der Waals surface area (Å²) in [6.07, 6.45) is 0. The van der Waals surface area contributed by atoms with Gasteiger partial charge in [0.25, 0.3) is 5.69 Å². The lowest BCUT2D eigenvalue weighted by atomic mass is 10.1. The van der Waals surface area contributed by atoms with E-state index in [1.807, 2.05) is 0 Å². The standard InChI is InChI=1S/C18H18Cl2N4O5S/c1-12(15-4-2-13(19)10-16(15)20)21-22-17-5-3-14(24(25)26)11-18(17)30(27,28)23-6-8-29-9-7-23/h2-5,10-11,22H,6-9H2,1H3/b21-12+. The predicted octanol–water partition coefficient (Wildman–Crippen LogP) is 3.76. The molecule has 0 spiro atoms. The number of nitro benzene ring substituents is 1. The molecule has 1 aliphatic rings. The van der Waals surface area contributed by atoms with Crippen LogP contribution in [0.3, 0.4) is 0 Å². The van der Waals surface area contributed by atoms with Crippen molar-refractivity contribution in [1.29, 1.82) is 0 Å². The lowest BCUT2D eigenvalue weighted by Crippen LogP contribution is -2.40. The molecule has 0 unspecified atom stereocenters. The first kappa shape index (κ1) is 22.4. The minimum absolute atomic E-state index is 0.108. The summed E-state index contributed by atoms with van der Waals surface area (Å²) in [6, 6.07) is 8.45. The molecule has 1 heterocycles. The zero-order chi connectivity index (χ0) is 21.9. The van der Waals surface area contributed by atoms with Gasteiger partial charge in [-0.15, -0.1) is 0 Å². The largest absolute Gasteiger partial charge is 0.379 e. The molecular formula is C18H18Cl2N4O5S. The van der Waals surface area contributed by atoms with Gasteiger partial charge in [0.05, 0.1) is 34.6 Å². The normalized spacial score (nSPS) is 15.8. The predicted molar refractivity (Wildman–Crippen MR) is 115 cm³/mol. The third-order valence-corrected chi connectivity index (χ3v) is 6.92. The van der Waals surface area contributed by atoms with Crippen LogP contribution in [0, 0.1) is 10.1 Å². The Morgan fingerprint density at radius 3 is 2.53 bits per heavy atom. The fourth-order valence-electron chi connectivity index (χ4n) is 2.84. The number of hydrogen-bond acceptors (Lipinski definition) is 7. The number of nitrogens with one attached hydrogen (secondary N) is 1. The second-order valence-electron chi connectivity index (χ2n) is 6.39. The van der Waals surface area contributed by atoms with Crippen molar-refractivity contribution in [2.24, 2.45) is 5.10 Å². The minimum atomic E-state index is -4.00. The van der Waals surface area contributed by atoms with Crippen LogP contribution in [0.4, 0.5) is 11.4 Å². The maximum atomic E-state index is 13.1. The first-order chi connectivity index (χ1) is 14.2. The molecule has 0 amide bonds. The van der Waals surface area contributed by atoms with E-state index in [1.54, 1.807) is 25.1 Å². The van der Waals surface area contributed by atoms with Gasteiger partial charge in [-0.2, -0.15) is 9.41 Å². The Balaban J connectivity index is 1.99. The summed E-state index contributed by atoms with van der Waals surface area (Å²) in [6.45, 7) is 2.51. The van der Waals surface area contributed by atoms with E-state index in [4.69, 9.17) is 27.9 Å². The average Bonchev–Trinajstić information content (AvgIpc) is 2.72. The highest BCUT2D eigenvalue weighted by Gasteiger charge is 2.30. The van der Waals surface area contributed by atoms with Crippen molar-refractivity contribution in [3.8, 4) is 0 Å². The van der Waals surface area contributed by atoms with Gasteiger partial charge in [-0.3, -0.25) is 15.5 Å². The summed E-state index contributed by atoms with van der Waals surface area (Å²) >= 11 is 12.1. The number of hydrogen-bond donors (Lipinski definition) is 1. The van der Waals surface area contributed by atoms with Crippen molar-refractivity contribution in [3.05, 3.63) is 62.1 Å². The maximum absolute atomic E-state index is 13.1. The van der Waals surface area contributed by atoms with Crippen molar-refractivity contribution < 1.29 is 18.1 Å². The van der Waals surface area contributed by atoms with Crippen LogP contribution in [0.5, 0.6) is 0 Å². The van der Waals surface area contributed by atoms with Crippen molar-refractivity contribution in [2.75, 3.05) is 31.7 Å². The fraction of sp³-hybridized carbons (Fsp3) is 0.278. The van der Waals surface area contributed by atoms with Crippen LogP contribution in [0.2, 0.25) is 10.0 Å². The van der Waals surface area contributed by atoms with Crippen molar-refractivity contribution in [3.63, 3.8) is 0 Å². The molecule has 9 nitrogen and oxygen atoms in total. The Morgan fingerprint density at radius 2 is 1.90 bits per heavy atom. The Morgan fingerprint density at radius 1 is 1.20 bits per heavy atom. The van der Waals surface area contributed by atoms with Crippen LogP contribution in [0.15, 0.2) is 46.4 Å². The molecule has 0 aliphatic carbocycles. The quantitative estimate of drug-likeness (QED) is 0.388. The Bertz CT molecular complexity index is 1100. The minimum Gasteiger partial charge on any atom is -0.379 e. The van der Waals surface area contributed by atoms with Gasteiger partial charge in [0.2, 0.25) is 10.0 Å². The number of morpholine rings is 1. The number of nitrogens with zero attached hydrogens (tertiary/aromatic N) is 3. The SMILES string of the molecule is C/C(=N\Nc1ccc([N+](=O)[O-])cc1S(=O)(=O)N1CCOCC1)c1ccc(Cl)cc1Cl. The van der Waals surface area contributed by atoms with Crippen molar-refractivity contribution in [1.82, 2.24) is 4.31 Å². The van der Waals surface area contributed by atoms with E-state index >= 15 is 0 Å². The third kappa shape index (κ3) is 4.90. The fourth-order valence-corrected chi connectivity index (χ4v) is 4.96. The molecule has 160 valence electrons. The van der Waals surface area contributed by atoms with Crippen LogP contribution in [0.25, 0.3) is 0 Å². The van der Waals surface area contributed by atoms with Crippen LogP contribution >= 0.6 is 23.2 Å². The van der Waals surface area contributed by atoms with Crippen molar-refractivity contribution in [2.45, 2.75) is 11.8 Å². The molecular weight excluding hydrogens is 455 g/mol. The van der Waals surface area contributed by atoms with Gasteiger partial charge < -0.3 is 4.74 Å². The van der Waals surface area contributed by atoms with Gasteiger partial charge in [-0.1, -0.05) is 29.3 Å². The zero-order valence-corrected chi connectivity index (χ0v) is 18.2. The van der Waals surface area contributed by atoms with Gasteiger partial charge in [0.1, 0.15) is 4.90 Å².